The van der Waals surface area contributed by atoms with Gasteiger partial charge < -0.3 is 16.0 Å². The van der Waals surface area contributed by atoms with Crippen LogP contribution in [0.5, 0.6) is 0 Å². The van der Waals surface area contributed by atoms with Crippen LogP contribution in [-0.4, -0.2) is 42.8 Å². The average molecular weight is 203 g/mol. The van der Waals surface area contributed by atoms with Crippen LogP contribution < -0.4 is 11.1 Å². The van der Waals surface area contributed by atoms with E-state index < -0.39 is 5.67 Å². The van der Waals surface area contributed by atoms with Gasteiger partial charge in [-0.2, -0.15) is 0 Å². The zero-order chi connectivity index (χ0) is 10.6. The predicted molar refractivity (Wildman–Crippen MR) is 52.8 cm³/mol. The smallest absolute Gasteiger partial charge is 0.317 e. The Morgan fingerprint density at radius 1 is 1.64 bits per heavy atom. The summed E-state index contributed by atoms with van der Waals surface area (Å²) < 4.78 is 13.3. The Bertz CT molecular complexity index is 204. The molecular weight excluding hydrogens is 185 g/mol. The standard InChI is InChI=1S/C9H18FN3O/c1-2-3-4-12-8(14)13-6-9(10,5-11)7-13/h2-7,11H2,1H3,(H,12,14). The molecule has 1 aliphatic heterocycles. The van der Waals surface area contributed by atoms with Crippen molar-refractivity contribution in [1.82, 2.24) is 10.2 Å². The Balaban J connectivity index is 2.16. The summed E-state index contributed by atoms with van der Waals surface area (Å²) in [5.41, 5.74) is 3.87. The van der Waals surface area contributed by atoms with Crippen LogP contribution in [0.3, 0.4) is 0 Å². The maximum Gasteiger partial charge on any atom is 0.317 e. The number of hydrogen-bond acceptors (Lipinski definition) is 2. The van der Waals surface area contributed by atoms with E-state index in [0.29, 0.717) is 6.54 Å². The Hall–Kier alpha value is -0.840. The summed E-state index contributed by atoms with van der Waals surface area (Å²) in [5, 5.41) is 2.73. The molecule has 0 unspecified atom stereocenters. The molecule has 1 rings (SSSR count). The highest BCUT2D eigenvalue weighted by Gasteiger charge is 2.44. The number of halogens is 1. The van der Waals surface area contributed by atoms with Gasteiger partial charge in [-0.25, -0.2) is 9.18 Å². The Morgan fingerprint density at radius 2 is 2.29 bits per heavy atom. The van der Waals surface area contributed by atoms with E-state index in [0.717, 1.165) is 12.8 Å². The van der Waals surface area contributed by atoms with E-state index >= 15 is 0 Å². The van der Waals surface area contributed by atoms with Crippen molar-refractivity contribution in [2.75, 3.05) is 26.2 Å². The highest BCUT2D eigenvalue weighted by Crippen LogP contribution is 2.23. The molecule has 0 aliphatic carbocycles. The lowest BCUT2D eigenvalue weighted by Gasteiger charge is -2.43. The van der Waals surface area contributed by atoms with Gasteiger partial charge in [0.15, 0.2) is 5.67 Å². The van der Waals surface area contributed by atoms with E-state index in [1.54, 1.807) is 0 Å². The number of hydrogen-bond donors (Lipinski definition) is 2. The molecular formula is C9H18FN3O. The van der Waals surface area contributed by atoms with Crippen molar-refractivity contribution in [1.29, 1.82) is 0 Å². The molecule has 1 aliphatic rings. The van der Waals surface area contributed by atoms with Gasteiger partial charge in [-0.05, 0) is 6.42 Å². The van der Waals surface area contributed by atoms with Crippen molar-refractivity contribution in [3.8, 4) is 0 Å². The normalized spacial score (nSPS) is 18.9. The summed E-state index contributed by atoms with van der Waals surface area (Å²) in [6, 6.07) is -0.180. The van der Waals surface area contributed by atoms with Crippen molar-refractivity contribution in [2.24, 2.45) is 5.73 Å². The molecule has 1 fully saturated rings. The number of nitrogens with zero attached hydrogens (tertiary/aromatic N) is 1. The maximum absolute atomic E-state index is 13.3. The molecule has 82 valence electrons. The van der Waals surface area contributed by atoms with E-state index in [9.17, 15) is 9.18 Å². The number of nitrogens with two attached hydrogens (primary N) is 1. The van der Waals surface area contributed by atoms with Crippen LogP contribution in [-0.2, 0) is 0 Å². The third-order valence-corrected chi connectivity index (χ3v) is 2.41. The summed E-state index contributed by atoms with van der Waals surface area (Å²) >= 11 is 0. The molecule has 0 spiro atoms. The van der Waals surface area contributed by atoms with Crippen LogP contribution in [0.1, 0.15) is 19.8 Å². The van der Waals surface area contributed by atoms with Gasteiger partial charge >= 0.3 is 6.03 Å². The molecule has 5 heteroatoms. The molecule has 0 saturated carbocycles. The van der Waals surface area contributed by atoms with Gasteiger partial charge in [0, 0.05) is 13.1 Å². The number of carbonyl (C=O) groups excluding carboxylic acids is 1. The first-order valence-electron chi connectivity index (χ1n) is 5.03. The van der Waals surface area contributed by atoms with Crippen LogP contribution in [0.4, 0.5) is 9.18 Å². The van der Waals surface area contributed by atoms with Crippen molar-refractivity contribution >= 4 is 6.03 Å². The number of unbranched alkanes of at least 4 members (excludes halogenated alkanes) is 1. The zero-order valence-electron chi connectivity index (χ0n) is 8.55. The quantitative estimate of drug-likeness (QED) is 0.653. The van der Waals surface area contributed by atoms with Gasteiger partial charge in [0.25, 0.3) is 0 Å². The Labute approximate surface area is 83.6 Å². The third kappa shape index (κ3) is 2.57. The Kier molecular flexibility index (Phi) is 3.69. The summed E-state index contributed by atoms with van der Waals surface area (Å²) in [7, 11) is 0. The molecule has 14 heavy (non-hydrogen) atoms. The van der Waals surface area contributed by atoms with Crippen LogP contribution >= 0.6 is 0 Å². The summed E-state index contributed by atoms with van der Waals surface area (Å²) in [6.07, 6.45) is 1.99. The predicted octanol–water partition coefficient (Wildman–Crippen LogP) is 0.479. The largest absolute Gasteiger partial charge is 0.338 e. The van der Waals surface area contributed by atoms with E-state index in [-0.39, 0.29) is 25.7 Å². The third-order valence-electron chi connectivity index (χ3n) is 2.41. The van der Waals surface area contributed by atoms with Gasteiger partial charge in [-0.1, -0.05) is 13.3 Å². The molecule has 0 aromatic carbocycles. The van der Waals surface area contributed by atoms with Gasteiger partial charge in [-0.15, -0.1) is 0 Å². The summed E-state index contributed by atoms with van der Waals surface area (Å²) in [6.45, 7) is 2.96. The van der Waals surface area contributed by atoms with E-state index in [1.807, 2.05) is 0 Å². The van der Waals surface area contributed by atoms with Gasteiger partial charge in [-0.3, -0.25) is 0 Å². The minimum absolute atomic E-state index is 0.00819. The minimum Gasteiger partial charge on any atom is -0.338 e. The number of likely N-dealkylation sites (tertiary alicyclic amines) is 1. The zero-order valence-corrected chi connectivity index (χ0v) is 8.55. The molecule has 2 amide bonds. The van der Waals surface area contributed by atoms with Gasteiger partial charge in [0.2, 0.25) is 0 Å². The van der Waals surface area contributed by atoms with Crippen LogP contribution in [0.25, 0.3) is 0 Å². The second-order valence-corrected chi connectivity index (χ2v) is 3.80. The number of urea groups is 1. The van der Waals surface area contributed by atoms with E-state index in [2.05, 4.69) is 12.2 Å². The maximum atomic E-state index is 13.3. The van der Waals surface area contributed by atoms with Gasteiger partial charge in [0.1, 0.15) is 0 Å². The second kappa shape index (κ2) is 4.59. The summed E-state index contributed by atoms with van der Waals surface area (Å²) in [4.78, 5) is 12.8. The highest BCUT2D eigenvalue weighted by atomic mass is 19.1. The van der Waals surface area contributed by atoms with Crippen molar-refractivity contribution in [2.45, 2.75) is 25.4 Å². The Morgan fingerprint density at radius 3 is 2.79 bits per heavy atom. The van der Waals surface area contributed by atoms with Crippen molar-refractivity contribution in [3.63, 3.8) is 0 Å². The molecule has 4 nitrogen and oxygen atoms in total. The van der Waals surface area contributed by atoms with E-state index in [1.165, 1.54) is 4.90 Å². The van der Waals surface area contributed by atoms with Crippen LogP contribution in [0.15, 0.2) is 0 Å². The molecule has 0 aromatic rings. The molecule has 1 saturated heterocycles. The lowest BCUT2D eigenvalue weighted by Crippen LogP contribution is -2.65. The monoisotopic (exact) mass is 203 g/mol. The van der Waals surface area contributed by atoms with Crippen LogP contribution in [0.2, 0.25) is 0 Å². The lowest BCUT2D eigenvalue weighted by molar-refractivity contribution is 0.00232. The van der Waals surface area contributed by atoms with E-state index in [4.69, 9.17) is 5.73 Å². The fraction of sp³-hybridized carbons (Fsp3) is 0.889. The second-order valence-electron chi connectivity index (χ2n) is 3.80. The lowest BCUT2D eigenvalue weighted by atomic mass is 9.97. The number of amides is 2. The first-order valence-corrected chi connectivity index (χ1v) is 5.03. The van der Waals surface area contributed by atoms with Crippen LogP contribution in [0, 0.1) is 0 Å². The van der Waals surface area contributed by atoms with Crippen molar-refractivity contribution < 1.29 is 9.18 Å². The minimum atomic E-state index is -1.35. The molecule has 0 radical (unpaired) electrons. The molecule has 0 atom stereocenters. The SMILES string of the molecule is CCCCNC(=O)N1CC(F)(CN)C1. The number of nitrogens with one attached hydrogen (secondary N) is 1. The fourth-order valence-electron chi connectivity index (χ4n) is 1.39. The first-order chi connectivity index (χ1) is 6.61. The molecule has 3 N–H and O–H groups in total. The van der Waals surface area contributed by atoms with Gasteiger partial charge in [0.05, 0.1) is 13.1 Å². The molecule has 0 aromatic heterocycles. The molecule has 0 bridgehead atoms. The average Bonchev–Trinajstić information content (AvgIpc) is 2.13. The number of rotatable bonds is 4. The molecule has 1 heterocycles. The first kappa shape index (κ1) is 11.2. The highest BCUT2D eigenvalue weighted by molar-refractivity contribution is 5.75. The topological polar surface area (TPSA) is 58.4 Å². The number of carbonyl (C=O) groups is 1. The summed E-state index contributed by atoms with van der Waals surface area (Å²) in [5.74, 6) is 0. The fourth-order valence-corrected chi connectivity index (χ4v) is 1.39. The van der Waals surface area contributed by atoms with Crippen molar-refractivity contribution in [3.05, 3.63) is 0 Å². The number of alkyl halides is 1.